The molecule has 102 valence electrons. The Morgan fingerprint density at radius 3 is 2.85 bits per heavy atom. The summed E-state index contributed by atoms with van der Waals surface area (Å²) in [5, 5.41) is 11.5. The SMILES string of the molecule is N#Cc1ccc(NC(=O)CCCSc2ncns2)cc1. The zero-order chi connectivity index (χ0) is 14.2. The van der Waals surface area contributed by atoms with Crippen molar-refractivity contribution in [2.24, 2.45) is 0 Å². The molecule has 1 heterocycles. The second-order valence-electron chi connectivity index (χ2n) is 3.90. The summed E-state index contributed by atoms with van der Waals surface area (Å²) in [5.74, 6) is 0.822. The molecule has 0 fully saturated rings. The van der Waals surface area contributed by atoms with Crippen LogP contribution in [0.15, 0.2) is 34.9 Å². The van der Waals surface area contributed by atoms with Crippen molar-refractivity contribution >= 4 is 34.9 Å². The summed E-state index contributed by atoms with van der Waals surface area (Å²) in [6.07, 6.45) is 2.78. The van der Waals surface area contributed by atoms with Crippen LogP contribution in [0.1, 0.15) is 18.4 Å². The first-order chi connectivity index (χ1) is 9.78. The van der Waals surface area contributed by atoms with E-state index in [2.05, 4.69) is 14.7 Å². The molecule has 0 aliphatic heterocycles. The molecule has 0 bridgehead atoms. The molecule has 0 unspecified atom stereocenters. The lowest BCUT2D eigenvalue weighted by molar-refractivity contribution is -0.116. The summed E-state index contributed by atoms with van der Waals surface area (Å²) in [4.78, 5) is 15.8. The van der Waals surface area contributed by atoms with Gasteiger partial charge < -0.3 is 5.32 Å². The molecule has 0 atom stereocenters. The summed E-state index contributed by atoms with van der Waals surface area (Å²) in [5.41, 5.74) is 1.29. The fourth-order valence-corrected chi connectivity index (χ4v) is 2.92. The minimum absolute atomic E-state index is 0.0208. The molecule has 1 amide bonds. The number of hydrogen-bond acceptors (Lipinski definition) is 6. The highest BCUT2D eigenvalue weighted by atomic mass is 32.2. The van der Waals surface area contributed by atoms with Crippen LogP contribution in [-0.2, 0) is 4.79 Å². The Hall–Kier alpha value is -1.91. The van der Waals surface area contributed by atoms with E-state index in [1.165, 1.54) is 17.9 Å². The lowest BCUT2D eigenvalue weighted by Gasteiger charge is -2.04. The summed E-state index contributed by atoms with van der Waals surface area (Å²) in [6, 6.07) is 8.86. The van der Waals surface area contributed by atoms with Crippen molar-refractivity contribution in [2.45, 2.75) is 17.2 Å². The van der Waals surface area contributed by atoms with E-state index in [9.17, 15) is 4.79 Å². The van der Waals surface area contributed by atoms with Gasteiger partial charge >= 0.3 is 0 Å². The highest BCUT2D eigenvalue weighted by molar-refractivity contribution is 8.00. The van der Waals surface area contributed by atoms with Gasteiger partial charge in [0, 0.05) is 17.9 Å². The third kappa shape index (κ3) is 4.64. The molecule has 7 heteroatoms. The van der Waals surface area contributed by atoms with Gasteiger partial charge in [0.05, 0.1) is 11.6 Å². The molecular formula is C13H12N4OS2. The Labute approximate surface area is 125 Å². The van der Waals surface area contributed by atoms with Crippen molar-refractivity contribution in [1.82, 2.24) is 9.36 Å². The molecule has 1 aromatic heterocycles. The van der Waals surface area contributed by atoms with Crippen LogP contribution in [0.25, 0.3) is 0 Å². The van der Waals surface area contributed by atoms with Crippen LogP contribution in [0.5, 0.6) is 0 Å². The quantitative estimate of drug-likeness (QED) is 0.655. The van der Waals surface area contributed by atoms with Gasteiger partial charge in [-0.1, -0.05) is 11.8 Å². The maximum absolute atomic E-state index is 11.7. The predicted molar refractivity (Wildman–Crippen MR) is 79.7 cm³/mol. The van der Waals surface area contributed by atoms with E-state index >= 15 is 0 Å². The average molecular weight is 304 g/mol. The number of rotatable bonds is 6. The van der Waals surface area contributed by atoms with Gasteiger partial charge in [-0.2, -0.15) is 9.64 Å². The molecule has 0 aliphatic rings. The lowest BCUT2D eigenvalue weighted by Crippen LogP contribution is -2.11. The van der Waals surface area contributed by atoms with Crippen LogP contribution in [0.3, 0.4) is 0 Å². The van der Waals surface area contributed by atoms with E-state index in [1.54, 1.807) is 36.0 Å². The van der Waals surface area contributed by atoms with E-state index in [4.69, 9.17) is 5.26 Å². The van der Waals surface area contributed by atoms with Crippen LogP contribution >= 0.6 is 23.3 Å². The second-order valence-corrected chi connectivity index (χ2v) is 6.02. The Morgan fingerprint density at radius 1 is 1.40 bits per heavy atom. The van der Waals surface area contributed by atoms with Crippen molar-refractivity contribution < 1.29 is 4.79 Å². The van der Waals surface area contributed by atoms with Crippen LogP contribution in [0.4, 0.5) is 5.69 Å². The lowest BCUT2D eigenvalue weighted by atomic mass is 10.2. The highest BCUT2D eigenvalue weighted by Gasteiger charge is 2.03. The Kier molecular flexibility index (Phi) is 5.53. The van der Waals surface area contributed by atoms with Crippen LogP contribution in [0.2, 0.25) is 0 Å². The van der Waals surface area contributed by atoms with Crippen molar-refractivity contribution in [3.8, 4) is 6.07 Å². The largest absolute Gasteiger partial charge is 0.326 e. The monoisotopic (exact) mass is 304 g/mol. The molecule has 20 heavy (non-hydrogen) atoms. The van der Waals surface area contributed by atoms with Crippen LogP contribution < -0.4 is 5.32 Å². The molecule has 0 saturated heterocycles. The molecule has 0 saturated carbocycles. The first-order valence-corrected chi connectivity index (χ1v) is 7.73. The number of thioether (sulfide) groups is 1. The maximum Gasteiger partial charge on any atom is 0.224 e. The topological polar surface area (TPSA) is 78.7 Å². The number of carbonyl (C=O) groups excluding carboxylic acids is 1. The van der Waals surface area contributed by atoms with Crippen molar-refractivity contribution in [3.63, 3.8) is 0 Å². The number of nitrogens with one attached hydrogen (secondary N) is 1. The third-order valence-corrected chi connectivity index (χ3v) is 4.30. The number of benzene rings is 1. The Morgan fingerprint density at radius 2 is 2.20 bits per heavy atom. The van der Waals surface area contributed by atoms with E-state index in [0.717, 1.165) is 16.5 Å². The molecule has 2 aromatic rings. The molecular weight excluding hydrogens is 292 g/mol. The fourth-order valence-electron chi connectivity index (χ4n) is 1.47. The number of amides is 1. The Bertz CT molecular complexity index is 590. The second kappa shape index (κ2) is 7.62. The molecule has 0 aliphatic carbocycles. The summed E-state index contributed by atoms with van der Waals surface area (Å²) >= 11 is 2.97. The van der Waals surface area contributed by atoms with Gasteiger partial charge in [-0.25, -0.2) is 4.98 Å². The van der Waals surface area contributed by atoms with Gasteiger partial charge in [0.1, 0.15) is 6.33 Å². The van der Waals surface area contributed by atoms with Gasteiger partial charge in [-0.15, -0.1) is 0 Å². The normalized spacial score (nSPS) is 9.95. The minimum Gasteiger partial charge on any atom is -0.326 e. The van der Waals surface area contributed by atoms with Gasteiger partial charge in [0.2, 0.25) is 5.91 Å². The summed E-state index contributed by atoms with van der Waals surface area (Å²) < 4.78 is 4.84. The maximum atomic E-state index is 11.7. The predicted octanol–water partition coefficient (Wildman–Crippen LogP) is 2.92. The van der Waals surface area contributed by atoms with Crippen molar-refractivity contribution in [3.05, 3.63) is 36.2 Å². The highest BCUT2D eigenvalue weighted by Crippen LogP contribution is 2.19. The van der Waals surface area contributed by atoms with Crippen LogP contribution in [-0.4, -0.2) is 21.0 Å². The van der Waals surface area contributed by atoms with Gasteiger partial charge in [0.25, 0.3) is 0 Å². The number of nitriles is 1. The van der Waals surface area contributed by atoms with E-state index in [-0.39, 0.29) is 5.91 Å². The summed E-state index contributed by atoms with van der Waals surface area (Å²) in [7, 11) is 0. The molecule has 1 aromatic carbocycles. The summed E-state index contributed by atoms with van der Waals surface area (Å²) in [6.45, 7) is 0. The van der Waals surface area contributed by atoms with Crippen LogP contribution in [0, 0.1) is 11.3 Å². The number of hydrogen-bond donors (Lipinski definition) is 1. The van der Waals surface area contributed by atoms with Gasteiger partial charge in [-0.3, -0.25) is 4.79 Å². The zero-order valence-corrected chi connectivity index (χ0v) is 12.2. The number of nitrogens with zero attached hydrogens (tertiary/aromatic N) is 3. The Balaban J connectivity index is 1.68. The molecule has 2 rings (SSSR count). The van der Waals surface area contributed by atoms with Crippen molar-refractivity contribution in [2.75, 3.05) is 11.1 Å². The van der Waals surface area contributed by atoms with Gasteiger partial charge in [-0.05, 0) is 42.2 Å². The van der Waals surface area contributed by atoms with Gasteiger partial charge in [0.15, 0.2) is 4.34 Å². The molecule has 0 radical (unpaired) electrons. The number of anilines is 1. The standard InChI is InChI=1S/C13H12N4OS2/c14-8-10-3-5-11(6-4-10)17-12(18)2-1-7-19-13-15-9-16-20-13/h3-6,9H,1-2,7H2,(H,17,18). The zero-order valence-electron chi connectivity index (χ0n) is 10.6. The molecule has 0 spiro atoms. The number of aromatic nitrogens is 2. The van der Waals surface area contributed by atoms with Crippen molar-refractivity contribution in [1.29, 1.82) is 5.26 Å². The first-order valence-electron chi connectivity index (χ1n) is 5.97. The van der Waals surface area contributed by atoms with E-state index in [1.807, 2.05) is 6.07 Å². The third-order valence-electron chi connectivity index (χ3n) is 2.41. The number of carbonyl (C=O) groups is 1. The van der Waals surface area contributed by atoms with E-state index in [0.29, 0.717) is 17.7 Å². The fraction of sp³-hybridized carbons (Fsp3) is 0.231. The average Bonchev–Trinajstić information content (AvgIpc) is 2.98. The molecule has 5 nitrogen and oxygen atoms in total. The first kappa shape index (κ1) is 14.5. The molecule has 1 N–H and O–H groups in total. The smallest absolute Gasteiger partial charge is 0.224 e. The van der Waals surface area contributed by atoms with E-state index < -0.39 is 0 Å². The minimum atomic E-state index is -0.0208.